The van der Waals surface area contributed by atoms with Gasteiger partial charge in [0.25, 0.3) is 0 Å². The van der Waals surface area contributed by atoms with Crippen LogP contribution < -0.4 is 9.47 Å². The van der Waals surface area contributed by atoms with Crippen LogP contribution in [0.4, 0.5) is 0 Å². The smallest absolute Gasteiger partial charge is 0.173 e. The molecule has 0 amide bonds. The van der Waals surface area contributed by atoms with Crippen LogP contribution in [-0.2, 0) is 6.42 Å². The average Bonchev–Trinajstić information content (AvgIpc) is 2.51. The topological polar surface area (TPSA) is 55.8 Å². The van der Waals surface area contributed by atoms with Crippen LogP contribution in [0.15, 0.2) is 42.5 Å². The lowest BCUT2D eigenvalue weighted by atomic mass is 9.89. The highest BCUT2D eigenvalue weighted by Crippen LogP contribution is 2.31. The first-order valence-corrected chi connectivity index (χ1v) is 6.80. The maximum absolute atomic E-state index is 12.5. The van der Waals surface area contributed by atoms with Gasteiger partial charge in [-0.15, -0.1) is 0 Å². The number of hydrogen-bond donors (Lipinski definition) is 1. The molecule has 1 atom stereocenters. The lowest BCUT2D eigenvalue weighted by Gasteiger charge is -2.24. The van der Waals surface area contributed by atoms with Crippen molar-refractivity contribution in [2.75, 3.05) is 13.7 Å². The summed E-state index contributed by atoms with van der Waals surface area (Å²) in [7, 11) is 1.62. The van der Waals surface area contributed by atoms with Crippen molar-refractivity contribution in [1.29, 1.82) is 0 Å². The number of aromatic hydroxyl groups is 1. The lowest BCUT2D eigenvalue weighted by molar-refractivity contribution is 0.0830. The third-order valence-corrected chi connectivity index (χ3v) is 3.68. The molecule has 1 N–H and O–H groups in total. The van der Waals surface area contributed by atoms with Crippen molar-refractivity contribution in [3.05, 3.63) is 53.6 Å². The average molecular weight is 284 g/mol. The van der Waals surface area contributed by atoms with Crippen LogP contribution in [0, 0.1) is 5.92 Å². The predicted molar refractivity (Wildman–Crippen MR) is 78.1 cm³/mol. The Bertz CT molecular complexity index is 661. The summed E-state index contributed by atoms with van der Waals surface area (Å²) in [6.45, 7) is 0.335. The summed E-state index contributed by atoms with van der Waals surface area (Å²) in [5.41, 5.74) is 1.61. The van der Waals surface area contributed by atoms with Crippen LogP contribution >= 0.6 is 0 Å². The Balaban J connectivity index is 1.78. The van der Waals surface area contributed by atoms with Crippen molar-refractivity contribution < 1.29 is 19.4 Å². The van der Waals surface area contributed by atoms with Crippen LogP contribution in [0.3, 0.4) is 0 Å². The number of ether oxygens (including phenoxy) is 2. The number of Topliss-reactive ketones (excluding diaryl/α,β-unsaturated/α-hetero) is 1. The number of ketones is 1. The van der Waals surface area contributed by atoms with Crippen LogP contribution in [-0.4, -0.2) is 24.6 Å². The number of fused-ring (bicyclic) bond motifs is 1. The summed E-state index contributed by atoms with van der Waals surface area (Å²) in [6, 6.07) is 12.3. The zero-order chi connectivity index (χ0) is 14.8. The molecule has 2 aromatic rings. The van der Waals surface area contributed by atoms with Crippen LogP contribution in [0.2, 0.25) is 0 Å². The Hall–Kier alpha value is -2.49. The van der Waals surface area contributed by atoms with E-state index in [1.54, 1.807) is 13.2 Å². The maximum Gasteiger partial charge on any atom is 0.173 e. The normalized spacial score (nSPS) is 17.0. The van der Waals surface area contributed by atoms with Gasteiger partial charge < -0.3 is 14.6 Å². The molecular formula is C17H16O4. The summed E-state index contributed by atoms with van der Waals surface area (Å²) in [4.78, 5) is 12.5. The molecule has 0 saturated heterocycles. The van der Waals surface area contributed by atoms with E-state index in [1.165, 1.54) is 12.1 Å². The van der Waals surface area contributed by atoms with Crippen molar-refractivity contribution in [2.24, 2.45) is 5.92 Å². The molecule has 0 spiro atoms. The van der Waals surface area contributed by atoms with E-state index in [2.05, 4.69) is 0 Å². The largest absolute Gasteiger partial charge is 0.508 e. The molecule has 0 bridgehead atoms. The van der Waals surface area contributed by atoms with E-state index in [0.717, 1.165) is 11.3 Å². The maximum atomic E-state index is 12.5. The van der Waals surface area contributed by atoms with Gasteiger partial charge in [-0.3, -0.25) is 4.79 Å². The fourth-order valence-corrected chi connectivity index (χ4v) is 2.52. The molecule has 3 rings (SSSR count). The number of rotatable bonds is 3. The molecule has 4 nitrogen and oxygen atoms in total. The number of phenolic OH excluding ortho intramolecular Hbond substituents is 1. The second kappa shape index (κ2) is 5.48. The third kappa shape index (κ3) is 2.70. The quantitative estimate of drug-likeness (QED) is 0.941. The molecule has 0 aromatic heterocycles. The van der Waals surface area contributed by atoms with Gasteiger partial charge in [-0.05, 0) is 36.2 Å². The van der Waals surface area contributed by atoms with E-state index in [1.807, 2.05) is 24.3 Å². The predicted octanol–water partition coefficient (Wildman–Crippen LogP) is 2.83. The highest BCUT2D eigenvalue weighted by atomic mass is 16.5. The Labute approximate surface area is 122 Å². The fraction of sp³-hybridized carbons (Fsp3) is 0.235. The van der Waals surface area contributed by atoms with Crippen molar-refractivity contribution in [2.45, 2.75) is 6.42 Å². The summed E-state index contributed by atoms with van der Waals surface area (Å²) >= 11 is 0. The number of hydrogen-bond acceptors (Lipinski definition) is 4. The Morgan fingerprint density at radius 2 is 2.00 bits per heavy atom. The van der Waals surface area contributed by atoms with Gasteiger partial charge in [0.2, 0.25) is 0 Å². The standard InChI is InChI=1S/C17H16O4/c1-20-14-5-2-11(3-6-14)8-12-10-21-16-9-13(18)4-7-15(16)17(12)19/h2-7,9,12,18H,8,10H2,1H3. The molecule has 0 radical (unpaired) electrons. The van der Waals surface area contributed by atoms with Crippen LogP contribution in [0.25, 0.3) is 0 Å². The van der Waals surface area contributed by atoms with E-state index in [-0.39, 0.29) is 17.5 Å². The molecule has 0 aliphatic carbocycles. The molecular weight excluding hydrogens is 268 g/mol. The zero-order valence-corrected chi connectivity index (χ0v) is 11.7. The second-order valence-corrected chi connectivity index (χ2v) is 5.10. The molecule has 1 heterocycles. The molecule has 4 heteroatoms. The van der Waals surface area contributed by atoms with Gasteiger partial charge in [-0.25, -0.2) is 0 Å². The highest BCUT2D eigenvalue weighted by Gasteiger charge is 2.29. The van der Waals surface area contributed by atoms with Gasteiger partial charge >= 0.3 is 0 Å². The zero-order valence-electron chi connectivity index (χ0n) is 11.7. The number of carbonyl (C=O) groups excluding carboxylic acids is 1. The number of methoxy groups -OCH3 is 1. The summed E-state index contributed by atoms with van der Waals surface area (Å²) < 4.78 is 10.7. The molecule has 0 saturated carbocycles. The van der Waals surface area contributed by atoms with Gasteiger partial charge in [0, 0.05) is 6.07 Å². The van der Waals surface area contributed by atoms with Crippen LogP contribution in [0.5, 0.6) is 17.2 Å². The minimum atomic E-state index is -0.199. The second-order valence-electron chi connectivity index (χ2n) is 5.10. The first-order chi connectivity index (χ1) is 10.2. The van der Waals surface area contributed by atoms with E-state index in [0.29, 0.717) is 24.3 Å². The van der Waals surface area contributed by atoms with Crippen molar-refractivity contribution in [3.8, 4) is 17.2 Å². The summed E-state index contributed by atoms with van der Waals surface area (Å²) in [6.07, 6.45) is 0.628. The third-order valence-electron chi connectivity index (χ3n) is 3.68. The Morgan fingerprint density at radius 3 is 2.71 bits per heavy atom. The van der Waals surface area contributed by atoms with E-state index in [9.17, 15) is 9.90 Å². The van der Waals surface area contributed by atoms with E-state index >= 15 is 0 Å². The first-order valence-electron chi connectivity index (χ1n) is 6.80. The summed E-state index contributed by atoms with van der Waals surface area (Å²) in [5.74, 6) is 1.23. The van der Waals surface area contributed by atoms with Gasteiger partial charge in [-0.1, -0.05) is 12.1 Å². The SMILES string of the molecule is COc1ccc(CC2COc3cc(O)ccc3C2=O)cc1. The summed E-state index contributed by atoms with van der Waals surface area (Å²) in [5, 5.41) is 9.42. The molecule has 1 unspecified atom stereocenters. The molecule has 2 aromatic carbocycles. The molecule has 0 fully saturated rings. The van der Waals surface area contributed by atoms with Crippen molar-refractivity contribution in [1.82, 2.24) is 0 Å². The number of carbonyl (C=O) groups is 1. The van der Waals surface area contributed by atoms with Crippen molar-refractivity contribution >= 4 is 5.78 Å². The minimum absolute atomic E-state index is 0.0621. The molecule has 21 heavy (non-hydrogen) atoms. The first kappa shape index (κ1) is 13.5. The minimum Gasteiger partial charge on any atom is -0.508 e. The van der Waals surface area contributed by atoms with E-state index in [4.69, 9.17) is 9.47 Å². The van der Waals surface area contributed by atoms with Gasteiger partial charge in [0.15, 0.2) is 5.78 Å². The molecule has 108 valence electrons. The fourth-order valence-electron chi connectivity index (χ4n) is 2.52. The monoisotopic (exact) mass is 284 g/mol. The van der Waals surface area contributed by atoms with Crippen molar-refractivity contribution in [3.63, 3.8) is 0 Å². The molecule has 1 aliphatic rings. The number of phenols is 1. The van der Waals surface area contributed by atoms with Gasteiger partial charge in [-0.2, -0.15) is 0 Å². The lowest BCUT2D eigenvalue weighted by Crippen LogP contribution is -2.29. The van der Waals surface area contributed by atoms with Gasteiger partial charge in [0.1, 0.15) is 17.2 Å². The Morgan fingerprint density at radius 1 is 1.24 bits per heavy atom. The molecule has 1 aliphatic heterocycles. The number of benzene rings is 2. The van der Waals surface area contributed by atoms with Gasteiger partial charge in [0.05, 0.1) is 25.2 Å². The van der Waals surface area contributed by atoms with Crippen LogP contribution in [0.1, 0.15) is 15.9 Å². The highest BCUT2D eigenvalue weighted by molar-refractivity contribution is 6.01. The Kier molecular flexibility index (Phi) is 3.52. The van der Waals surface area contributed by atoms with E-state index < -0.39 is 0 Å².